The fraction of sp³-hybridized carbons (Fsp3) is 0.0667. The van der Waals surface area contributed by atoms with Gasteiger partial charge in [-0.25, -0.2) is 4.79 Å². The number of hydrogen-bond donors (Lipinski definition) is 4. The van der Waals surface area contributed by atoms with Crippen molar-refractivity contribution in [1.29, 1.82) is 0 Å². The van der Waals surface area contributed by atoms with E-state index in [0.717, 1.165) is 12.1 Å². The highest BCUT2D eigenvalue weighted by Gasteiger charge is 2.19. The van der Waals surface area contributed by atoms with Crippen LogP contribution in [-0.4, -0.2) is 32.2 Å². The number of carbonyl (C=O) groups excluding carboxylic acids is 1. The van der Waals surface area contributed by atoms with Crippen LogP contribution in [0, 0.1) is 0 Å². The maximum Gasteiger partial charge on any atom is 0.339 e. The van der Waals surface area contributed by atoms with Crippen molar-refractivity contribution in [1.82, 2.24) is 0 Å². The number of phenols is 3. The summed E-state index contributed by atoms with van der Waals surface area (Å²) in [7, 11) is 0. The summed E-state index contributed by atoms with van der Waals surface area (Å²) >= 11 is 0. The summed E-state index contributed by atoms with van der Waals surface area (Å²) in [4.78, 5) is 23.2. The molecule has 0 saturated heterocycles. The number of carboxylic acids is 1. The number of ketones is 1. The van der Waals surface area contributed by atoms with Crippen molar-refractivity contribution in [2.45, 2.75) is 6.42 Å². The van der Waals surface area contributed by atoms with Crippen molar-refractivity contribution >= 4 is 11.8 Å². The summed E-state index contributed by atoms with van der Waals surface area (Å²) in [6.07, 6.45) is -0.297. The van der Waals surface area contributed by atoms with Crippen molar-refractivity contribution in [3.8, 4) is 17.2 Å². The smallest absolute Gasteiger partial charge is 0.339 e. The standard InChI is InChI=1S/C15H12O6/c16-10-3-1-8(2-4-10)12(18)6-9-5-11(17)7-13(19)14(9)15(20)21/h1-5,7,16-17,19H,6H2,(H,20,21). The SMILES string of the molecule is O=C(Cc1cc(O)cc(O)c1C(=O)O)c1ccc(O)cc1. The lowest BCUT2D eigenvalue weighted by atomic mass is 9.97. The Balaban J connectivity index is 2.37. The maximum absolute atomic E-state index is 12.1. The number of aromatic hydroxyl groups is 3. The third kappa shape index (κ3) is 3.11. The predicted molar refractivity (Wildman–Crippen MR) is 72.9 cm³/mol. The normalized spacial score (nSPS) is 10.3. The Hall–Kier alpha value is -3.02. The van der Waals surface area contributed by atoms with Gasteiger partial charge in [-0.1, -0.05) is 0 Å². The zero-order valence-corrected chi connectivity index (χ0v) is 10.8. The number of carbonyl (C=O) groups is 2. The zero-order chi connectivity index (χ0) is 15.6. The third-order valence-electron chi connectivity index (χ3n) is 2.94. The number of carboxylic acid groups (broad SMARTS) is 1. The number of Topliss-reactive ketones (excluding diaryl/α,β-unsaturated/α-hetero) is 1. The number of rotatable bonds is 4. The molecule has 0 aromatic heterocycles. The van der Waals surface area contributed by atoms with Crippen molar-refractivity contribution in [3.63, 3.8) is 0 Å². The van der Waals surface area contributed by atoms with E-state index in [1.807, 2.05) is 0 Å². The van der Waals surface area contributed by atoms with Gasteiger partial charge in [0, 0.05) is 18.1 Å². The molecule has 2 aromatic rings. The van der Waals surface area contributed by atoms with Gasteiger partial charge in [0.15, 0.2) is 5.78 Å². The van der Waals surface area contributed by atoms with Crippen LogP contribution in [-0.2, 0) is 6.42 Å². The summed E-state index contributed by atoms with van der Waals surface area (Å²) in [5.74, 6) is -2.71. The van der Waals surface area contributed by atoms with Crippen LogP contribution in [0.25, 0.3) is 0 Å². The number of benzene rings is 2. The molecule has 6 heteroatoms. The Labute approximate surface area is 119 Å². The second kappa shape index (κ2) is 5.54. The first-order valence-corrected chi connectivity index (χ1v) is 5.99. The second-order valence-electron chi connectivity index (χ2n) is 4.45. The fourth-order valence-electron chi connectivity index (χ4n) is 1.98. The van der Waals surface area contributed by atoms with E-state index < -0.39 is 23.1 Å². The fourth-order valence-corrected chi connectivity index (χ4v) is 1.98. The van der Waals surface area contributed by atoms with Gasteiger partial charge in [-0.2, -0.15) is 0 Å². The van der Waals surface area contributed by atoms with Crippen molar-refractivity contribution < 1.29 is 30.0 Å². The molecule has 0 bridgehead atoms. The van der Waals surface area contributed by atoms with Crippen LogP contribution < -0.4 is 0 Å². The Morgan fingerprint density at radius 2 is 1.52 bits per heavy atom. The van der Waals surface area contributed by atoms with Gasteiger partial charge in [0.2, 0.25) is 0 Å². The van der Waals surface area contributed by atoms with Crippen LogP contribution in [0.5, 0.6) is 17.2 Å². The number of aromatic carboxylic acids is 1. The summed E-state index contributed by atoms with van der Waals surface area (Å²) in [5.41, 5.74) is -0.120. The second-order valence-corrected chi connectivity index (χ2v) is 4.45. The first-order chi connectivity index (χ1) is 9.88. The summed E-state index contributed by atoms with van der Waals surface area (Å²) in [6, 6.07) is 7.51. The van der Waals surface area contributed by atoms with Gasteiger partial charge < -0.3 is 20.4 Å². The van der Waals surface area contributed by atoms with Crippen molar-refractivity contribution in [2.75, 3.05) is 0 Å². The summed E-state index contributed by atoms with van der Waals surface area (Å²) < 4.78 is 0. The minimum atomic E-state index is -1.39. The van der Waals surface area contributed by atoms with E-state index in [1.165, 1.54) is 24.3 Å². The molecular formula is C15H12O6. The molecule has 108 valence electrons. The average molecular weight is 288 g/mol. The van der Waals surface area contributed by atoms with Crippen LogP contribution in [0.3, 0.4) is 0 Å². The van der Waals surface area contributed by atoms with Crippen LogP contribution in [0.2, 0.25) is 0 Å². The average Bonchev–Trinajstić information content (AvgIpc) is 2.37. The molecule has 0 aliphatic carbocycles. The van der Waals surface area contributed by atoms with Gasteiger partial charge in [-0.05, 0) is 35.9 Å². The Morgan fingerprint density at radius 1 is 0.905 bits per heavy atom. The molecule has 0 fully saturated rings. The van der Waals surface area contributed by atoms with Gasteiger partial charge in [0.25, 0.3) is 0 Å². The van der Waals surface area contributed by atoms with Crippen LogP contribution >= 0.6 is 0 Å². The van der Waals surface area contributed by atoms with Gasteiger partial charge in [-0.3, -0.25) is 4.79 Å². The van der Waals surface area contributed by atoms with Crippen LogP contribution in [0.1, 0.15) is 26.3 Å². The van der Waals surface area contributed by atoms with Gasteiger partial charge >= 0.3 is 5.97 Å². The number of phenolic OH excluding ortho intramolecular Hbond substituents is 2. The molecule has 0 aliphatic heterocycles. The minimum absolute atomic E-state index is 0.00720. The van der Waals surface area contributed by atoms with Crippen molar-refractivity contribution in [3.05, 3.63) is 53.1 Å². The molecule has 0 unspecified atom stereocenters. The summed E-state index contributed by atoms with van der Waals surface area (Å²) in [6.45, 7) is 0. The van der Waals surface area contributed by atoms with E-state index in [4.69, 9.17) is 10.2 Å². The highest BCUT2D eigenvalue weighted by Crippen LogP contribution is 2.28. The molecule has 0 saturated carbocycles. The molecular weight excluding hydrogens is 276 g/mol. The van der Waals surface area contributed by atoms with E-state index in [-0.39, 0.29) is 29.0 Å². The molecule has 0 aliphatic rings. The Kier molecular flexibility index (Phi) is 3.80. The monoisotopic (exact) mass is 288 g/mol. The van der Waals surface area contributed by atoms with Crippen LogP contribution in [0.4, 0.5) is 0 Å². The summed E-state index contributed by atoms with van der Waals surface area (Å²) in [5, 5.41) is 37.2. The first-order valence-electron chi connectivity index (χ1n) is 5.99. The number of hydrogen-bond acceptors (Lipinski definition) is 5. The predicted octanol–water partition coefficient (Wildman–Crippen LogP) is 1.93. The molecule has 4 N–H and O–H groups in total. The van der Waals surface area contributed by atoms with Crippen molar-refractivity contribution in [2.24, 2.45) is 0 Å². The lowest BCUT2D eigenvalue weighted by molar-refractivity contribution is 0.0692. The Bertz CT molecular complexity index is 703. The Morgan fingerprint density at radius 3 is 2.10 bits per heavy atom. The molecule has 0 atom stereocenters. The lowest BCUT2D eigenvalue weighted by Crippen LogP contribution is -2.09. The molecule has 0 heterocycles. The first kappa shape index (κ1) is 14.4. The zero-order valence-electron chi connectivity index (χ0n) is 10.8. The third-order valence-corrected chi connectivity index (χ3v) is 2.94. The van der Waals surface area contributed by atoms with Crippen LogP contribution in [0.15, 0.2) is 36.4 Å². The van der Waals surface area contributed by atoms with E-state index in [2.05, 4.69) is 0 Å². The molecule has 2 rings (SSSR count). The molecule has 2 aromatic carbocycles. The van der Waals surface area contributed by atoms with E-state index in [9.17, 15) is 19.8 Å². The lowest BCUT2D eigenvalue weighted by Gasteiger charge is -2.08. The topological polar surface area (TPSA) is 115 Å². The maximum atomic E-state index is 12.1. The molecule has 6 nitrogen and oxygen atoms in total. The van der Waals surface area contributed by atoms with Gasteiger partial charge in [0.1, 0.15) is 22.8 Å². The molecule has 0 radical (unpaired) electrons. The quantitative estimate of drug-likeness (QED) is 0.639. The minimum Gasteiger partial charge on any atom is -0.508 e. The molecule has 21 heavy (non-hydrogen) atoms. The van der Waals surface area contributed by atoms with E-state index in [0.29, 0.717) is 0 Å². The highest BCUT2D eigenvalue weighted by molar-refractivity contribution is 6.00. The van der Waals surface area contributed by atoms with E-state index in [1.54, 1.807) is 0 Å². The highest BCUT2D eigenvalue weighted by atomic mass is 16.4. The van der Waals surface area contributed by atoms with Gasteiger partial charge in [-0.15, -0.1) is 0 Å². The van der Waals surface area contributed by atoms with E-state index >= 15 is 0 Å². The van der Waals surface area contributed by atoms with Gasteiger partial charge in [0.05, 0.1) is 0 Å². The molecule has 0 amide bonds. The largest absolute Gasteiger partial charge is 0.508 e. The molecule has 0 spiro atoms.